The average molecular weight is 291 g/mol. The van der Waals surface area contributed by atoms with Crippen LogP contribution in [0.1, 0.15) is 29.8 Å². The molecule has 0 aromatic heterocycles. The molecule has 0 bridgehead atoms. The van der Waals surface area contributed by atoms with Crippen LogP contribution >= 0.6 is 0 Å². The van der Waals surface area contributed by atoms with Crippen LogP contribution < -0.4 is 5.32 Å². The molecule has 0 aliphatic rings. The van der Waals surface area contributed by atoms with Crippen LogP contribution in [0.5, 0.6) is 0 Å². The number of carboxylic acid groups (broad SMARTS) is 1. The fraction of sp³-hybridized carbons (Fsp3) is 0.375. The number of rotatable bonds is 7. The Bertz CT molecular complexity index is 506. The highest BCUT2D eigenvalue weighted by molar-refractivity contribution is 5.94. The first-order chi connectivity index (χ1) is 9.93. The van der Waals surface area contributed by atoms with E-state index in [0.29, 0.717) is 12.2 Å². The van der Waals surface area contributed by atoms with Crippen LogP contribution in [0.25, 0.3) is 6.08 Å². The molecule has 1 amide bonds. The molecular weight excluding hydrogens is 270 g/mol. The Morgan fingerprint density at radius 3 is 2.38 bits per heavy atom. The van der Waals surface area contributed by atoms with Crippen molar-refractivity contribution in [2.24, 2.45) is 5.92 Å². The molecule has 0 radical (unpaired) electrons. The van der Waals surface area contributed by atoms with E-state index in [1.807, 2.05) is 13.8 Å². The Balaban J connectivity index is 2.72. The van der Waals surface area contributed by atoms with Crippen molar-refractivity contribution in [3.05, 3.63) is 41.5 Å². The van der Waals surface area contributed by atoms with Gasteiger partial charge in [-0.3, -0.25) is 4.79 Å². The lowest BCUT2D eigenvalue weighted by molar-refractivity contribution is -0.131. The first-order valence-electron chi connectivity index (χ1n) is 6.75. The molecule has 5 nitrogen and oxygen atoms in total. The molecule has 0 aliphatic carbocycles. The molecule has 0 fully saturated rings. The number of ether oxygens (including phenoxy) is 1. The molecule has 21 heavy (non-hydrogen) atoms. The first kappa shape index (κ1) is 16.9. The number of nitrogens with one attached hydrogen (secondary N) is 1. The van der Waals surface area contributed by atoms with Gasteiger partial charge in [-0.1, -0.05) is 26.0 Å². The molecule has 1 unspecified atom stereocenters. The highest BCUT2D eigenvalue weighted by Crippen LogP contribution is 2.08. The number of carbonyl (C=O) groups is 2. The van der Waals surface area contributed by atoms with Crippen molar-refractivity contribution in [3.8, 4) is 0 Å². The van der Waals surface area contributed by atoms with E-state index in [1.54, 1.807) is 31.4 Å². The highest BCUT2D eigenvalue weighted by Gasteiger charge is 2.16. The van der Waals surface area contributed by atoms with Gasteiger partial charge >= 0.3 is 5.97 Å². The van der Waals surface area contributed by atoms with E-state index in [-0.39, 0.29) is 17.9 Å². The Labute approximate surface area is 124 Å². The van der Waals surface area contributed by atoms with Gasteiger partial charge < -0.3 is 15.2 Å². The average Bonchev–Trinajstić information content (AvgIpc) is 2.45. The summed E-state index contributed by atoms with van der Waals surface area (Å²) in [5.41, 5.74) is 1.26. The summed E-state index contributed by atoms with van der Waals surface area (Å²) >= 11 is 0. The lowest BCUT2D eigenvalue weighted by atomic mass is 10.0. The van der Waals surface area contributed by atoms with Crippen LogP contribution in [-0.2, 0) is 9.53 Å². The van der Waals surface area contributed by atoms with Crippen molar-refractivity contribution >= 4 is 18.0 Å². The molecule has 1 aromatic rings. The molecule has 0 spiro atoms. The summed E-state index contributed by atoms with van der Waals surface area (Å²) in [7, 11) is 1.60. The van der Waals surface area contributed by atoms with Gasteiger partial charge in [0.1, 0.15) is 0 Å². The zero-order valence-corrected chi connectivity index (χ0v) is 12.5. The fourth-order valence-corrected chi connectivity index (χ4v) is 1.75. The van der Waals surface area contributed by atoms with Crippen molar-refractivity contribution in [2.75, 3.05) is 13.7 Å². The van der Waals surface area contributed by atoms with Crippen LogP contribution in [-0.4, -0.2) is 36.7 Å². The maximum absolute atomic E-state index is 12.1. The molecule has 1 rings (SSSR count). The molecule has 0 saturated carbocycles. The minimum atomic E-state index is -1.00. The lowest BCUT2D eigenvalue weighted by Crippen LogP contribution is -2.41. The van der Waals surface area contributed by atoms with E-state index in [1.165, 1.54) is 6.08 Å². The number of benzene rings is 1. The molecule has 1 atom stereocenters. The standard InChI is InChI=1S/C16H21NO4/c1-11(2)14(10-21-3)17-16(20)13-7-4-12(5-8-13)6-9-15(18)19/h4-9,11,14H,10H2,1-3H3,(H,17,20)(H,18,19). The Hall–Kier alpha value is -2.14. The summed E-state index contributed by atoms with van der Waals surface area (Å²) in [6, 6.07) is 6.70. The van der Waals surface area contributed by atoms with Gasteiger partial charge in [0.15, 0.2) is 0 Å². The Kier molecular flexibility index (Phi) is 6.62. The van der Waals surface area contributed by atoms with Gasteiger partial charge in [-0.2, -0.15) is 0 Å². The van der Waals surface area contributed by atoms with Crippen molar-refractivity contribution in [1.82, 2.24) is 5.32 Å². The van der Waals surface area contributed by atoms with E-state index in [4.69, 9.17) is 9.84 Å². The minimum Gasteiger partial charge on any atom is -0.478 e. The van der Waals surface area contributed by atoms with Gasteiger partial charge in [0.05, 0.1) is 12.6 Å². The van der Waals surface area contributed by atoms with E-state index in [0.717, 1.165) is 11.6 Å². The van der Waals surface area contributed by atoms with Gasteiger partial charge in [0.2, 0.25) is 0 Å². The number of amides is 1. The van der Waals surface area contributed by atoms with Crippen molar-refractivity contribution in [2.45, 2.75) is 19.9 Å². The third-order valence-corrected chi connectivity index (χ3v) is 3.06. The summed E-state index contributed by atoms with van der Waals surface area (Å²) < 4.78 is 5.10. The molecular formula is C16H21NO4. The zero-order valence-electron chi connectivity index (χ0n) is 12.5. The summed E-state index contributed by atoms with van der Waals surface area (Å²) in [6.45, 7) is 4.50. The third-order valence-electron chi connectivity index (χ3n) is 3.06. The summed E-state index contributed by atoms with van der Waals surface area (Å²) in [5, 5.41) is 11.5. The number of carbonyl (C=O) groups excluding carboxylic acids is 1. The maximum atomic E-state index is 12.1. The maximum Gasteiger partial charge on any atom is 0.328 e. The van der Waals surface area contributed by atoms with Gasteiger partial charge in [0, 0.05) is 18.7 Å². The number of carboxylic acids is 1. The van der Waals surface area contributed by atoms with Gasteiger partial charge in [-0.25, -0.2) is 4.79 Å². The lowest BCUT2D eigenvalue weighted by Gasteiger charge is -2.21. The number of aliphatic carboxylic acids is 1. The molecule has 0 heterocycles. The predicted octanol–water partition coefficient (Wildman–Crippen LogP) is 2.19. The third kappa shape index (κ3) is 5.79. The van der Waals surface area contributed by atoms with Gasteiger partial charge in [-0.15, -0.1) is 0 Å². The van der Waals surface area contributed by atoms with Gasteiger partial charge in [-0.05, 0) is 29.7 Å². The van der Waals surface area contributed by atoms with Crippen LogP contribution in [0.15, 0.2) is 30.3 Å². The summed E-state index contributed by atoms with van der Waals surface area (Å²) in [5.74, 6) is -0.901. The van der Waals surface area contributed by atoms with Crippen molar-refractivity contribution in [1.29, 1.82) is 0 Å². The highest BCUT2D eigenvalue weighted by atomic mass is 16.5. The number of methoxy groups -OCH3 is 1. The molecule has 2 N–H and O–H groups in total. The van der Waals surface area contributed by atoms with E-state index in [2.05, 4.69) is 5.32 Å². The predicted molar refractivity (Wildman–Crippen MR) is 81.1 cm³/mol. The van der Waals surface area contributed by atoms with Gasteiger partial charge in [0.25, 0.3) is 5.91 Å². The van der Waals surface area contributed by atoms with Crippen LogP contribution in [0.4, 0.5) is 0 Å². The second-order valence-corrected chi connectivity index (χ2v) is 5.07. The van der Waals surface area contributed by atoms with Crippen LogP contribution in [0.3, 0.4) is 0 Å². The van der Waals surface area contributed by atoms with E-state index in [9.17, 15) is 9.59 Å². The van der Waals surface area contributed by atoms with Crippen molar-refractivity contribution < 1.29 is 19.4 Å². The SMILES string of the molecule is COCC(NC(=O)c1ccc(C=CC(=O)O)cc1)C(C)C. The fourth-order valence-electron chi connectivity index (χ4n) is 1.75. The number of hydrogen-bond donors (Lipinski definition) is 2. The minimum absolute atomic E-state index is 0.0471. The molecule has 5 heteroatoms. The number of hydrogen-bond acceptors (Lipinski definition) is 3. The molecule has 1 aromatic carbocycles. The smallest absolute Gasteiger partial charge is 0.328 e. The second kappa shape index (κ2) is 8.21. The quantitative estimate of drug-likeness (QED) is 0.755. The topological polar surface area (TPSA) is 75.6 Å². The molecule has 0 saturated heterocycles. The largest absolute Gasteiger partial charge is 0.478 e. The summed E-state index contributed by atoms with van der Waals surface area (Å²) in [4.78, 5) is 22.6. The van der Waals surface area contributed by atoms with Crippen LogP contribution in [0.2, 0.25) is 0 Å². The molecule has 114 valence electrons. The Morgan fingerprint density at radius 1 is 1.29 bits per heavy atom. The normalized spacial score (nSPS) is 12.6. The first-order valence-corrected chi connectivity index (χ1v) is 6.75. The van der Waals surface area contributed by atoms with E-state index < -0.39 is 5.97 Å². The van der Waals surface area contributed by atoms with Crippen LogP contribution in [0, 0.1) is 5.92 Å². The monoisotopic (exact) mass is 291 g/mol. The summed E-state index contributed by atoms with van der Waals surface area (Å²) in [6.07, 6.45) is 2.54. The molecule has 0 aliphatic heterocycles. The second-order valence-electron chi connectivity index (χ2n) is 5.07. The zero-order chi connectivity index (χ0) is 15.8. The van der Waals surface area contributed by atoms with E-state index >= 15 is 0 Å². The Morgan fingerprint density at radius 2 is 1.90 bits per heavy atom. The van der Waals surface area contributed by atoms with Crippen molar-refractivity contribution in [3.63, 3.8) is 0 Å².